The molecule has 1 saturated heterocycles. The SMILES string of the molecule is C=C[C@@H]1C[C@]1(NC(=O)[C@@H]1C[C@@H](Oc2nccc3cc(OC)ccc23)CN1C(=O)[C@@H](NC(=O)OC1CCCC1)C(C)(C)C)P(=O)(O)Cc1ccccc1. The fraction of sp³-hybridized carbons (Fsp3) is 0.487. The minimum Gasteiger partial charge on any atom is -0.497 e. The lowest BCUT2D eigenvalue weighted by Crippen LogP contribution is -2.58. The Kier molecular flexibility index (Phi) is 10.7. The summed E-state index contributed by atoms with van der Waals surface area (Å²) >= 11 is 0. The van der Waals surface area contributed by atoms with Gasteiger partial charge in [0.25, 0.3) is 0 Å². The lowest BCUT2D eigenvalue weighted by atomic mass is 9.85. The molecule has 13 heteroatoms. The van der Waals surface area contributed by atoms with Gasteiger partial charge in [-0.15, -0.1) is 6.58 Å². The zero-order chi connectivity index (χ0) is 37.3. The number of hydrogen-bond donors (Lipinski definition) is 3. The molecule has 3 N–H and O–H groups in total. The molecular weight excluding hydrogens is 683 g/mol. The largest absolute Gasteiger partial charge is 0.497 e. The number of alkyl carbamates (subject to hydrolysis) is 1. The smallest absolute Gasteiger partial charge is 0.408 e. The topological polar surface area (TPSA) is 156 Å². The molecule has 1 aromatic heterocycles. The summed E-state index contributed by atoms with van der Waals surface area (Å²) in [6, 6.07) is 14.2. The number of rotatable bonds is 12. The van der Waals surface area contributed by atoms with Gasteiger partial charge in [-0.05, 0) is 72.7 Å². The van der Waals surface area contributed by atoms with Crippen molar-refractivity contribution in [3.63, 3.8) is 0 Å². The van der Waals surface area contributed by atoms with Gasteiger partial charge in [-0.1, -0.05) is 57.2 Å². The molecule has 278 valence electrons. The molecule has 3 aliphatic rings. The summed E-state index contributed by atoms with van der Waals surface area (Å²) in [5.74, 6) is -0.495. The van der Waals surface area contributed by atoms with Gasteiger partial charge in [-0.2, -0.15) is 0 Å². The molecular formula is C39H49N4O8P. The van der Waals surface area contributed by atoms with Gasteiger partial charge < -0.3 is 34.6 Å². The highest BCUT2D eigenvalue weighted by Crippen LogP contribution is 2.70. The summed E-state index contributed by atoms with van der Waals surface area (Å²) in [5.41, 5.74) is -0.0870. The van der Waals surface area contributed by atoms with Crippen LogP contribution in [0.3, 0.4) is 0 Å². The lowest BCUT2D eigenvalue weighted by Gasteiger charge is -2.36. The van der Waals surface area contributed by atoms with Gasteiger partial charge in [0.2, 0.25) is 25.1 Å². The number of ether oxygens (including phenoxy) is 3. The van der Waals surface area contributed by atoms with Gasteiger partial charge >= 0.3 is 6.09 Å². The second-order valence-electron chi connectivity index (χ2n) is 15.2. The maximum atomic E-state index is 14.6. The molecule has 2 aliphatic carbocycles. The first-order chi connectivity index (χ1) is 24.7. The zero-order valence-corrected chi connectivity index (χ0v) is 31.1. The van der Waals surface area contributed by atoms with Crippen molar-refractivity contribution in [3.05, 3.63) is 79.0 Å². The molecule has 12 nitrogen and oxygen atoms in total. The molecule has 3 aromatic rings. The Bertz CT molecular complexity index is 1860. The Morgan fingerprint density at radius 1 is 1.12 bits per heavy atom. The van der Waals surface area contributed by atoms with E-state index in [-0.39, 0.29) is 31.7 Å². The van der Waals surface area contributed by atoms with Crippen LogP contribution in [0, 0.1) is 11.3 Å². The Morgan fingerprint density at radius 2 is 1.85 bits per heavy atom. The van der Waals surface area contributed by atoms with Crippen LogP contribution in [0.1, 0.15) is 64.9 Å². The van der Waals surface area contributed by atoms with Crippen LogP contribution < -0.4 is 20.1 Å². The van der Waals surface area contributed by atoms with Crippen LogP contribution in [0.15, 0.2) is 73.4 Å². The van der Waals surface area contributed by atoms with E-state index in [0.29, 0.717) is 17.2 Å². The maximum absolute atomic E-state index is 14.6. The molecule has 3 fully saturated rings. The van der Waals surface area contributed by atoms with Crippen LogP contribution in [-0.2, 0) is 25.1 Å². The number of methoxy groups -OCH3 is 1. The van der Waals surface area contributed by atoms with Crippen LogP contribution in [0.25, 0.3) is 10.8 Å². The first kappa shape index (κ1) is 37.4. The minimum atomic E-state index is -4.03. The fourth-order valence-electron chi connectivity index (χ4n) is 7.46. The number of fused-ring (bicyclic) bond motifs is 1. The molecule has 2 heterocycles. The minimum absolute atomic E-state index is 0.00969. The van der Waals surface area contributed by atoms with Gasteiger partial charge in [0.15, 0.2) is 0 Å². The number of aromatic nitrogens is 1. The molecule has 52 heavy (non-hydrogen) atoms. The molecule has 1 unspecified atom stereocenters. The molecule has 0 spiro atoms. The number of nitrogens with zero attached hydrogens (tertiary/aromatic N) is 2. The molecule has 0 radical (unpaired) electrons. The number of pyridine rings is 1. The van der Waals surface area contributed by atoms with E-state index in [1.54, 1.807) is 49.7 Å². The number of carbonyl (C=O) groups excluding carboxylic acids is 3. The van der Waals surface area contributed by atoms with E-state index in [0.717, 1.165) is 36.5 Å². The normalized spacial score (nSPS) is 24.8. The van der Waals surface area contributed by atoms with Crippen molar-refractivity contribution >= 4 is 36.0 Å². The molecule has 1 aliphatic heterocycles. The van der Waals surface area contributed by atoms with E-state index in [9.17, 15) is 23.8 Å². The Labute approximate surface area is 304 Å². The molecule has 3 amide bonds. The monoisotopic (exact) mass is 732 g/mol. The first-order valence-corrected chi connectivity index (χ1v) is 19.8. The third-order valence-corrected chi connectivity index (χ3v) is 13.2. The molecule has 6 atom stereocenters. The van der Waals surface area contributed by atoms with Crippen molar-refractivity contribution < 1.29 is 38.1 Å². The average Bonchev–Trinajstić information content (AvgIpc) is 3.37. The summed E-state index contributed by atoms with van der Waals surface area (Å²) in [6.07, 6.45) is 5.35. The number of likely N-dealkylation sites (tertiary alicyclic amines) is 1. The van der Waals surface area contributed by atoms with Crippen molar-refractivity contribution in [2.75, 3.05) is 13.7 Å². The summed E-state index contributed by atoms with van der Waals surface area (Å²) in [5, 5.41) is 5.87. The first-order valence-electron chi connectivity index (χ1n) is 17.9. The van der Waals surface area contributed by atoms with Gasteiger partial charge in [0.05, 0.1) is 19.8 Å². The Hall–Kier alpha value is -4.41. The number of amides is 3. The lowest BCUT2D eigenvalue weighted by molar-refractivity contribution is -0.142. The van der Waals surface area contributed by atoms with E-state index < -0.39 is 60.1 Å². The predicted octanol–water partition coefficient (Wildman–Crippen LogP) is 6.16. The maximum Gasteiger partial charge on any atom is 0.408 e. The Balaban J connectivity index is 1.29. The number of hydrogen-bond acceptors (Lipinski definition) is 8. The fourth-order valence-corrected chi connectivity index (χ4v) is 9.84. The van der Waals surface area contributed by atoms with Gasteiger partial charge in [0.1, 0.15) is 35.3 Å². The number of benzene rings is 2. The third kappa shape index (κ3) is 7.83. The zero-order valence-electron chi connectivity index (χ0n) is 30.2. The van der Waals surface area contributed by atoms with E-state index in [2.05, 4.69) is 22.2 Å². The summed E-state index contributed by atoms with van der Waals surface area (Å²) in [7, 11) is -2.44. The van der Waals surface area contributed by atoms with E-state index in [4.69, 9.17) is 14.2 Å². The van der Waals surface area contributed by atoms with Crippen molar-refractivity contribution in [2.45, 2.75) is 95.0 Å². The van der Waals surface area contributed by atoms with Crippen molar-refractivity contribution in [1.29, 1.82) is 0 Å². The number of nitrogens with one attached hydrogen (secondary N) is 2. The molecule has 2 saturated carbocycles. The molecule has 6 rings (SSSR count). The number of carbonyl (C=O) groups is 3. The standard InChI is InChI=1S/C39H49N4O8P/c1-6-27-22-39(27,52(47,48)24-25-12-8-7-9-13-25)42-34(44)32-21-30(50-35-31-17-16-29(49-5)20-26(31)18-19-40-35)23-43(32)36(45)33(38(2,3)4)41-37(46)51-28-14-10-11-15-28/h6-9,12-13,16-20,27-28,30,32-33H,1,10-11,14-15,21-24H2,2-5H3,(H,41,46)(H,42,44)(H,47,48)/t27-,30-,32+,33-,39+/m1/s1. The van der Waals surface area contributed by atoms with Crippen LogP contribution >= 0.6 is 7.37 Å². The highest BCUT2D eigenvalue weighted by molar-refractivity contribution is 7.59. The predicted molar refractivity (Wildman–Crippen MR) is 197 cm³/mol. The van der Waals surface area contributed by atoms with Crippen LogP contribution in [0.4, 0.5) is 4.79 Å². The van der Waals surface area contributed by atoms with Crippen LogP contribution in [-0.4, -0.2) is 75.9 Å². The van der Waals surface area contributed by atoms with Gasteiger partial charge in [-0.3, -0.25) is 14.2 Å². The van der Waals surface area contributed by atoms with Crippen LogP contribution in [0.5, 0.6) is 11.6 Å². The second-order valence-corrected chi connectivity index (χ2v) is 17.8. The molecule has 2 aromatic carbocycles. The van der Waals surface area contributed by atoms with Crippen LogP contribution in [0.2, 0.25) is 0 Å². The second kappa shape index (κ2) is 14.9. The summed E-state index contributed by atoms with van der Waals surface area (Å²) in [4.78, 5) is 59.5. The highest BCUT2D eigenvalue weighted by atomic mass is 31.2. The van der Waals surface area contributed by atoms with Gasteiger partial charge in [-0.25, -0.2) is 9.78 Å². The summed E-state index contributed by atoms with van der Waals surface area (Å²) < 4.78 is 31.6. The van der Waals surface area contributed by atoms with E-state index in [1.807, 2.05) is 45.0 Å². The summed E-state index contributed by atoms with van der Waals surface area (Å²) in [6.45, 7) is 9.37. The van der Waals surface area contributed by atoms with Crippen molar-refractivity contribution in [2.24, 2.45) is 11.3 Å². The average molecular weight is 733 g/mol. The quantitative estimate of drug-likeness (QED) is 0.147. The van der Waals surface area contributed by atoms with E-state index >= 15 is 0 Å². The van der Waals surface area contributed by atoms with Gasteiger partial charge in [0, 0.05) is 23.9 Å². The molecule has 0 bridgehead atoms. The third-order valence-electron chi connectivity index (χ3n) is 10.5. The van der Waals surface area contributed by atoms with Crippen molar-refractivity contribution in [1.82, 2.24) is 20.5 Å². The highest BCUT2D eigenvalue weighted by Gasteiger charge is 2.65. The van der Waals surface area contributed by atoms with E-state index in [1.165, 1.54) is 4.90 Å². The Morgan fingerprint density at radius 3 is 2.50 bits per heavy atom. The van der Waals surface area contributed by atoms with Crippen molar-refractivity contribution in [3.8, 4) is 11.6 Å².